The molecule has 0 radical (unpaired) electrons. The first-order valence-electron chi connectivity index (χ1n) is 9.23. The number of hydrogen-bond donors (Lipinski definition) is 0. The zero-order valence-electron chi connectivity index (χ0n) is 13.9. The number of hydrogen-bond acceptors (Lipinski definition) is 2. The Morgan fingerprint density at radius 3 is 2.55 bits per heavy atom. The summed E-state index contributed by atoms with van der Waals surface area (Å²) in [7, 11) is 0. The van der Waals surface area contributed by atoms with Gasteiger partial charge in [-0.3, -0.25) is 9.59 Å². The molecule has 0 aromatic rings. The van der Waals surface area contributed by atoms with E-state index >= 15 is 0 Å². The van der Waals surface area contributed by atoms with Crippen molar-refractivity contribution in [3.63, 3.8) is 0 Å². The van der Waals surface area contributed by atoms with Gasteiger partial charge in [0.15, 0.2) is 5.78 Å². The van der Waals surface area contributed by atoms with Gasteiger partial charge >= 0.3 is 0 Å². The lowest BCUT2D eigenvalue weighted by molar-refractivity contribution is -0.125. The van der Waals surface area contributed by atoms with Crippen LogP contribution in [0.1, 0.15) is 58.8 Å². The summed E-state index contributed by atoms with van der Waals surface area (Å²) in [6.07, 6.45) is 12.3. The van der Waals surface area contributed by atoms with Crippen LogP contribution in [0, 0.1) is 40.9 Å². The van der Waals surface area contributed by atoms with Crippen LogP contribution in [-0.4, -0.2) is 11.6 Å². The minimum Gasteiger partial charge on any atom is -0.300 e. The maximum atomic E-state index is 11.9. The third-order valence-corrected chi connectivity index (χ3v) is 7.88. The van der Waals surface area contributed by atoms with Crippen molar-refractivity contribution in [1.82, 2.24) is 0 Å². The van der Waals surface area contributed by atoms with Gasteiger partial charge in [-0.1, -0.05) is 13.0 Å². The summed E-state index contributed by atoms with van der Waals surface area (Å²) >= 11 is 0. The van der Waals surface area contributed by atoms with Crippen molar-refractivity contribution in [2.45, 2.75) is 58.8 Å². The molecule has 0 aliphatic heterocycles. The first kappa shape index (κ1) is 14.7. The fraction of sp³-hybridized carbons (Fsp3) is 0.800. The second kappa shape index (κ2) is 5.04. The van der Waals surface area contributed by atoms with Crippen molar-refractivity contribution in [1.29, 1.82) is 0 Å². The largest absolute Gasteiger partial charge is 0.300 e. The third kappa shape index (κ3) is 1.98. The van der Waals surface area contributed by atoms with E-state index in [0.29, 0.717) is 29.3 Å². The molecule has 0 heterocycles. The van der Waals surface area contributed by atoms with Crippen molar-refractivity contribution in [3.05, 3.63) is 12.2 Å². The zero-order chi connectivity index (χ0) is 15.5. The number of carbonyl (C=O) groups excluding carboxylic acids is 2. The standard InChI is InChI=1S/C20H28O2/c1-12(21)15-5-6-17-16(15)7-8-19-18(17)4-3-13-11-14(22)9-10-20(13,19)2/h9-10,13,15-19H,3-8,11H2,1-2H3/t13-,15+,16?,17+,18-,19-,20-/m0/s1. The fourth-order valence-corrected chi connectivity index (χ4v) is 6.79. The van der Waals surface area contributed by atoms with Crippen LogP contribution in [0.5, 0.6) is 0 Å². The topological polar surface area (TPSA) is 34.1 Å². The molecule has 0 saturated heterocycles. The molecule has 0 amide bonds. The van der Waals surface area contributed by atoms with E-state index in [1.165, 1.54) is 32.1 Å². The molecule has 22 heavy (non-hydrogen) atoms. The van der Waals surface area contributed by atoms with Gasteiger partial charge in [-0.2, -0.15) is 0 Å². The van der Waals surface area contributed by atoms with Gasteiger partial charge in [-0.05, 0) is 86.5 Å². The summed E-state index contributed by atoms with van der Waals surface area (Å²) < 4.78 is 0. The molecule has 120 valence electrons. The van der Waals surface area contributed by atoms with Gasteiger partial charge < -0.3 is 0 Å². The fourth-order valence-electron chi connectivity index (χ4n) is 6.79. The van der Waals surface area contributed by atoms with Crippen molar-refractivity contribution in [3.8, 4) is 0 Å². The molecule has 0 spiro atoms. The number of fused-ring (bicyclic) bond motifs is 5. The highest BCUT2D eigenvalue weighted by Crippen LogP contribution is 2.62. The molecular weight excluding hydrogens is 272 g/mol. The van der Waals surface area contributed by atoms with Crippen molar-refractivity contribution < 1.29 is 9.59 Å². The molecule has 4 rings (SSSR count). The maximum absolute atomic E-state index is 11.9. The van der Waals surface area contributed by atoms with E-state index in [-0.39, 0.29) is 5.41 Å². The number of ketones is 2. The highest BCUT2D eigenvalue weighted by molar-refractivity contribution is 5.91. The van der Waals surface area contributed by atoms with Crippen LogP contribution in [0.2, 0.25) is 0 Å². The molecule has 0 aromatic heterocycles. The second-order valence-corrected chi connectivity index (χ2v) is 8.61. The van der Waals surface area contributed by atoms with E-state index in [2.05, 4.69) is 13.0 Å². The van der Waals surface area contributed by atoms with E-state index in [0.717, 1.165) is 30.6 Å². The summed E-state index contributed by atoms with van der Waals surface area (Å²) in [5.74, 6) is 4.63. The molecule has 0 N–H and O–H groups in total. The second-order valence-electron chi connectivity index (χ2n) is 8.61. The quantitative estimate of drug-likeness (QED) is 0.727. The van der Waals surface area contributed by atoms with Crippen LogP contribution in [0.15, 0.2) is 12.2 Å². The normalized spacial score (nSPS) is 50.2. The van der Waals surface area contributed by atoms with Gasteiger partial charge in [0, 0.05) is 12.3 Å². The number of rotatable bonds is 1. The Morgan fingerprint density at radius 1 is 1.05 bits per heavy atom. The van der Waals surface area contributed by atoms with Gasteiger partial charge in [0.1, 0.15) is 5.78 Å². The highest BCUT2D eigenvalue weighted by atomic mass is 16.1. The summed E-state index contributed by atoms with van der Waals surface area (Å²) in [5.41, 5.74) is 0.232. The van der Waals surface area contributed by atoms with Crippen molar-refractivity contribution in [2.24, 2.45) is 40.9 Å². The number of carbonyl (C=O) groups is 2. The van der Waals surface area contributed by atoms with Crippen LogP contribution >= 0.6 is 0 Å². The number of Topliss-reactive ketones (excluding diaryl/α,β-unsaturated/α-hetero) is 1. The molecule has 1 unspecified atom stereocenters. The first-order chi connectivity index (χ1) is 10.5. The Kier molecular flexibility index (Phi) is 3.36. The van der Waals surface area contributed by atoms with E-state index in [1.807, 2.05) is 6.08 Å². The lowest BCUT2D eigenvalue weighted by Crippen LogP contribution is -2.50. The molecule has 2 heteroatoms. The Hall–Kier alpha value is -0.920. The minimum atomic E-state index is 0.232. The Morgan fingerprint density at radius 2 is 1.77 bits per heavy atom. The SMILES string of the molecule is CC(=O)[C@H]1CC[C@@H]2C1CC[C@H]1[C@H]2CC[C@H]2CC(=O)C=C[C@@]21C. The molecule has 3 fully saturated rings. The first-order valence-corrected chi connectivity index (χ1v) is 9.23. The average molecular weight is 300 g/mol. The predicted octanol–water partition coefficient (Wildman–Crippen LogP) is 4.19. The van der Waals surface area contributed by atoms with E-state index in [9.17, 15) is 9.59 Å². The lowest BCUT2D eigenvalue weighted by Gasteiger charge is -2.56. The van der Waals surface area contributed by atoms with Gasteiger partial charge in [0.05, 0.1) is 0 Å². The Labute approximate surface area is 133 Å². The van der Waals surface area contributed by atoms with Crippen molar-refractivity contribution >= 4 is 11.6 Å². The molecular formula is C20H28O2. The van der Waals surface area contributed by atoms with Gasteiger partial charge in [0.25, 0.3) is 0 Å². The Balaban J connectivity index is 1.62. The van der Waals surface area contributed by atoms with Crippen LogP contribution in [0.25, 0.3) is 0 Å². The van der Waals surface area contributed by atoms with Gasteiger partial charge in [-0.25, -0.2) is 0 Å². The van der Waals surface area contributed by atoms with Crippen LogP contribution in [0.4, 0.5) is 0 Å². The zero-order valence-corrected chi connectivity index (χ0v) is 13.9. The maximum Gasteiger partial charge on any atom is 0.155 e. The molecule has 4 aliphatic carbocycles. The average Bonchev–Trinajstić information content (AvgIpc) is 2.92. The van der Waals surface area contributed by atoms with E-state index < -0.39 is 0 Å². The van der Waals surface area contributed by atoms with Crippen LogP contribution in [0.3, 0.4) is 0 Å². The molecule has 0 aromatic carbocycles. The van der Waals surface area contributed by atoms with Crippen molar-refractivity contribution in [2.75, 3.05) is 0 Å². The summed E-state index contributed by atoms with van der Waals surface area (Å²) in [6.45, 7) is 4.21. The van der Waals surface area contributed by atoms with Crippen LogP contribution < -0.4 is 0 Å². The molecule has 2 nitrogen and oxygen atoms in total. The summed E-state index contributed by atoms with van der Waals surface area (Å²) in [6, 6.07) is 0. The molecule has 3 saturated carbocycles. The van der Waals surface area contributed by atoms with Crippen LogP contribution in [-0.2, 0) is 9.59 Å². The number of allylic oxidation sites excluding steroid dienone is 2. The van der Waals surface area contributed by atoms with Gasteiger partial charge in [0.2, 0.25) is 0 Å². The van der Waals surface area contributed by atoms with E-state index in [4.69, 9.17) is 0 Å². The summed E-state index contributed by atoms with van der Waals surface area (Å²) in [4.78, 5) is 23.7. The van der Waals surface area contributed by atoms with Gasteiger partial charge in [-0.15, -0.1) is 0 Å². The molecule has 7 atom stereocenters. The minimum absolute atomic E-state index is 0.232. The summed E-state index contributed by atoms with van der Waals surface area (Å²) in [5, 5.41) is 0. The lowest BCUT2D eigenvalue weighted by atomic mass is 9.48. The smallest absolute Gasteiger partial charge is 0.155 e. The third-order valence-electron chi connectivity index (χ3n) is 7.88. The Bertz CT molecular complexity index is 534. The van der Waals surface area contributed by atoms with E-state index in [1.54, 1.807) is 6.92 Å². The molecule has 4 aliphatic rings. The molecule has 0 bridgehead atoms. The predicted molar refractivity (Wildman–Crippen MR) is 86.2 cm³/mol. The highest BCUT2D eigenvalue weighted by Gasteiger charge is 2.55. The monoisotopic (exact) mass is 300 g/mol.